The standard InChI is InChI=1S/C24H37NP2/c25-20-14-13-18(16-26-21-9-5-1-2-6-10-22(21)26)15-19(20)17-27-23-11-7-3-4-8-12-24(23)27/h13-15,21-24H,1-12,16-17,25H2. The van der Waals surface area contributed by atoms with Crippen molar-refractivity contribution in [3.8, 4) is 0 Å². The number of benzene rings is 1. The Hall–Kier alpha value is -0.120. The number of fused-ring (bicyclic) bond motifs is 2. The van der Waals surface area contributed by atoms with E-state index >= 15 is 0 Å². The summed E-state index contributed by atoms with van der Waals surface area (Å²) in [5.41, 5.74) is 15.1. The van der Waals surface area contributed by atoms with Crippen molar-refractivity contribution in [2.75, 3.05) is 5.73 Å². The van der Waals surface area contributed by atoms with E-state index in [1.807, 2.05) is 0 Å². The molecule has 27 heavy (non-hydrogen) atoms. The molecular formula is C24H37NP2. The van der Waals surface area contributed by atoms with Crippen LogP contribution in [0, 0.1) is 0 Å². The van der Waals surface area contributed by atoms with Crippen LogP contribution in [0.1, 0.15) is 88.2 Å². The summed E-state index contributed by atoms with van der Waals surface area (Å²) in [6.07, 6.45) is 20.7. The van der Waals surface area contributed by atoms with Crippen LogP contribution in [0.15, 0.2) is 18.2 Å². The Morgan fingerprint density at radius 1 is 0.667 bits per heavy atom. The van der Waals surface area contributed by atoms with E-state index < -0.39 is 0 Å². The van der Waals surface area contributed by atoms with Crippen molar-refractivity contribution in [3.05, 3.63) is 29.3 Å². The van der Waals surface area contributed by atoms with Gasteiger partial charge in [0, 0.05) is 5.69 Å². The van der Waals surface area contributed by atoms with Crippen molar-refractivity contribution in [3.63, 3.8) is 0 Å². The molecule has 2 N–H and O–H groups in total. The zero-order valence-electron chi connectivity index (χ0n) is 16.9. The molecule has 4 aliphatic rings. The Kier molecular flexibility index (Phi) is 5.82. The van der Waals surface area contributed by atoms with E-state index in [4.69, 9.17) is 5.73 Å². The number of hydrogen-bond donors (Lipinski definition) is 1. The van der Waals surface area contributed by atoms with E-state index in [0.717, 1.165) is 28.3 Å². The molecule has 0 aromatic heterocycles. The number of rotatable bonds is 4. The van der Waals surface area contributed by atoms with Crippen molar-refractivity contribution in [2.24, 2.45) is 0 Å². The van der Waals surface area contributed by atoms with Gasteiger partial charge in [-0.3, -0.25) is 0 Å². The van der Waals surface area contributed by atoms with Crippen LogP contribution >= 0.6 is 15.8 Å². The molecule has 2 aliphatic carbocycles. The highest BCUT2D eigenvalue weighted by atomic mass is 31.1. The van der Waals surface area contributed by atoms with Crippen molar-refractivity contribution in [1.82, 2.24) is 0 Å². The van der Waals surface area contributed by atoms with Gasteiger partial charge in [0.25, 0.3) is 0 Å². The highest BCUT2D eigenvalue weighted by molar-refractivity contribution is 7.66. The normalized spacial score (nSPS) is 38.5. The first-order valence-corrected chi connectivity index (χ1v) is 15.0. The third-order valence-electron chi connectivity index (χ3n) is 7.84. The molecule has 2 aliphatic heterocycles. The molecule has 0 bridgehead atoms. The van der Waals surface area contributed by atoms with Gasteiger partial charge in [-0.05, 0) is 77.8 Å². The highest BCUT2D eigenvalue weighted by Crippen LogP contribution is 2.73. The van der Waals surface area contributed by atoms with Gasteiger partial charge in [-0.2, -0.15) is 0 Å². The Bertz CT molecular complexity index is 632. The lowest BCUT2D eigenvalue weighted by Gasteiger charge is -2.10. The summed E-state index contributed by atoms with van der Waals surface area (Å²) < 4.78 is 0. The van der Waals surface area contributed by atoms with Crippen LogP contribution in [0.2, 0.25) is 0 Å². The zero-order valence-corrected chi connectivity index (χ0v) is 18.7. The van der Waals surface area contributed by atoms with Gasteiger partial charge in [-0.25, -0.2) is 0 Å². The molecule has 5 rings (SSSR count). The van der Waals surface area contributed by atoms with E-state index in [-0.39, 0.29) is 7.92 Å². The van der Waals surface area contributed by atoms with Gasteiger partial charge in [-0.1, -0.05) is 79.3 Å². The molecule has 4 atom stereocenters. The Balaban J connectivity index is 1.22. The number of nitrogen functional groups attached to an aromatic ring is 1. The molecule has 2 saturated heterocycles. The lowest BCUT2D eigenvalue weighted by Crippen LogP contribution is -1.97. The zero-order chi connectivity index (χ0) is 18.2. The van der Waals surface area contributed by atoms with E-state index in [1.54, 1.807) is 5.56 Å². The van der Waals surface area contributed by atoms with Gasteiger partial charge in [0.05, 0.1) is 0 Å². The fourth-order valence-corrected chi connectivity index (χ4v) is 13.1. The second kappa shape index (κ2) is 8.32. The fourth-order valence-electron chi connectivity index (χ4n) is 6.11. The lowest BCUT2D eigenvalue weighted by molar-refractivity contribution is 0.551. The predicted octanol–water partition coefficient (Wildman–Crippen LogP) is 7.44. The first kappa shape index (κ1) is 18.9. The Morgan fingerprint density at radius 2 is 1.15 bits per heavy atom. The van der Waals surface area contributed by atoms with Crippen LogP contribution in [0.25, 0.3) is 0 Å². The molecule has 0 spiro atoms. The monoisotopic (exact) mass is 401 g/mol. The number of hydrogen-bond acceptors (Lipinski definition) is 1. The molecule has 0 amide bonds. The van der Waals surface area contributed by atoms with Crippen molar-refractivity contribution in [2.45, 2.75) is 112 Å². The van der Waals surface area contributed by atoms with E-state index in [2.05, 4.69) is 18.2 Å². The van der Waals surface area contributed by atoms with Crippen LogP contribution in [0.3, 0.4) is 0 Å². The average molecular weight is 402 g/mol. The number of anilines is 1. The van der Waals surface area contributed by atoms with Gasteiger partial charge < -0.3 is 5.73 Å². The molecule has 2 saturated carbocycles. The largest absolute Gasteiger partial charge is 0.398 e. The second-order valence-electron chi connectivity index (χ2n) is 9.63. The quantitative estimate of drug-likeness (QED) is 0.412. The minimum atomic E-state index is 0.246. The summed E-state index contributed by atoms with van der Waals surface area (Å²) >= 11 is 0. The molecule has 1 aromatic rings. The molecule has 1 aromatic carbocycles. The smallest absolute Gasteiger partial charge is 0.0350 e. The topological polar surface area (TPSA) is 26.0 Å². The molecule has 3 heteroatoms. The molecule has 4 unspecified atom stereocenters. The molecule has 1 nitrogen and oxygen atoms in total. The third-order valence-corrected chi connectivity index (χ3v) is 14.5. The van der Waals surface area contributed by atoms with Crippen LogP contribution in [0.5, 0.6) is 0 Å². The van der Waals surface area contributed by atoms with E-state index in [1.165, 1.54) is 94.9 Å². The minimum absolute atomic E-state index is 0.246. The molecular weight excluding hydrogens is 364 g/mol. The van der Waals surface area contributed by atoms with Gasteiger partial charge in [-0.15, -0.1) is 0 Å². The molecule has 0 radical (unpaired) electrons. The summed E-state index contributed by atoms with van der Waals surface area (Å²) in [4.78, 5) is 0. The SMILES string of the molecule is Nc1ccc(CP2C3CCCCCCC32)cc1CP1C2CCCCCCC21. The lowest BCUT2D eigenvalue weighted by atomic mass is 10.0. The van der Waals surface area contributed by atoms with Crippen LogP contribution < -0.4 is 5.73 Å². The summed E-state index contributed by atoms with van der Waals surface area (Å²) in [5, 5.41) is 0. The minimum Gasteiger partial charge on any atom is -0.398 e. The summed E-state index contributed by atoms with van der Waals surface area (Å²) in [7, 11) is 0.537. The Labute approximate surface area is 168 Å². The van der Waals surface area contributed by atoms with Gasteiger partial charge in [0.2, 0.25) is 0 Å². The summed E-state index contributed by atoms with van der Waals surface area (Å²) in [6.45, 7) is 0. The Morgan fingerprint density at radius 3 is 1.67 bits per heavy atom. The van der Waals surface area contributed by atoms with Crippen molar-refractivity contribution < 1.29 is 0 Å². The molecule has 2 heterocycles. The second-order valence-corrected chi connectivity index (χ2v) is 15.0. The fraction of sp³-hybridized carbons (Fsp3) is 0.750. The van der Waals surface area contributed by atoms with Crippen molar-refractivity contribution in [1.29, 1.82) is 0 Å². The molecule has 4 fully saturated rings. The van der Waals surface area contributed by atoms with Gasteiger partial charge in [0.1, 0.15) is 0 Å². The van der Waals surface area contributed by atoms with Crippen LogP contribution in [-0.4, -0.2) is 22.6 Å². The van der Waals surface area contributed by atoms with Crippen LogP contribution in [-0.2, 0) is 12.3 Å². The first-order chi connectivity index (χ1) is 13.3. The first-order valence-electron chi connectivity index (χ1n) is 11.7. The summed E-state index contributed by atoms with van der Waals surface area (Å²) in [5.74, 6) is 0. The van der Waals surface area contributed by atoms with E-state index in [0.29, 0.717) is 7.92 Å². The molecule has 148 valence electrons. The van der Waals surface area contributed by atoms with Crippen molar-refractivity contribution >= 4 is 21.5 Å². The average Bonchev–Trinajstić information content (AvgIpc) is 3.45. The predicted molar refractivity (Wildman–Crippen MR) is 123 cm³/mol. The highest BCUT2D eigenvalue weighted by Gasteiger charge is 2.49. The summed E-state index contributed by atoms with van der Waals surface area (Å²) in [6, 6.07) is 7.14. The maximum atomic E-state index is 6.44. The third kappa shape index (κ3) is 4.26. The maximum Gasteiger partial charge on any atom is 0.0350 e. The number of nitrogens with two attached hydrogens (primary N) is 1. The van der Waals surface area contributed by atoms with Gasteiger partial charge in [0.15, 0.2) is 0 Å². The van der Waals surface area contributed by atoms with Crippen LogP contribution in [0.4, 0.5) is 5.69 Å². The van der Waals surface area contributed by atoms with Gasteiger partial charge >= 0.3 is 0 Å². The van der Waals surface area contributed by atoms with E-state index in [9.17, 15) is 0 Å². The maximum absolute atomic E-state index is 6.44.